The smallest absolute Gasteiger partial charge is 0.315 e. The fraction of sp³-hybridized carbons (Fsp3) is 0.632. The molecule has 1 aromatic rings. The fourth-order valence-corrected chi connectivity index (χ4v) is 5.23. The molecule has 2 N–H and O–H groups in total. The van der Waals surface area contributed by atoms with Crippen molar-refractivity contribution < 1.29 is 9.53 Å². The van der Waals surface area contributed by atoms with Crippen LogP contribution in [-0.2, 0) is 16.6 Å². The summed E-state index contributed by atoms with van der Waals surface area (Å²) in [5.41, 5.74) is 3.41. The molecule has 3 fully saturated rings. The Morgan fingerprint density at radius 1 is 1.30 bits per heavy atom. The van der Waals surface area contributed by atoms with Gasteiger partial charge in [-0.15, -0.1) is 0 Å². The summed E-state index contributed by atoms with van der Waals surface area (Å²) in [7, 11) is 0. The van der Waals surface area contributed by atoms with Crippen LogP contribution >= 0.6 is 0 Å². The third-order valence-corrected chi connectivity index (χ3v) is 6.56. The standard InChI is InChI=1S/C19H24N2O2/c22-18(21-16-9-14-5-6-17(16)23-14)20-11-13-10-19(13)8-7-12-3-1-2-4-15(12)19/h1-4,13-14,16-17H,5-11H2,(H2,20,21,22)/t13-,14+,16+,17+,19+/m0/s1. The van der Waals surface area contributed by atoms with Gasteiger partial charge in [-0.3, -0.25) is 0 Å². The number of rotatable bonds is 3. The first-order chi connectivity index (χ1) is 11.2. The highest BCUT2D eigenvalue weighted by molar-refractivity contribution is 5.74. The molecule has 5 atom stereocenters. The Morgan fingerprint density at radius 3 is 3.04 bits per heavy atom. The number of carbonyl (C=O) groups excluding carboxylic acids is 1. The number of carbonyl (C=O) groups is 1. The highest BCUT2D eigenvalue weighted by atomic mass is 16.5. The zero-order chi connectivity index (χ0) is 15.4. The van der Waals surface area contributed by atoms with E-state index in [1.807, 2.05) is 0 Å². The minimum atomic E-state index is -0.0144. The first-order valence-corrected chi connectivity index (χ1v) is 9.03. The van der Waals surface area contributed by atoms with Crippen LogP contribution in [-0.4, -0.2) is 30.8 Å². The van der Waals surface area contributed by atoms with E-state index in [2.05, 4.69) is 34.9 Å². The van der Waals surface area contributed by atoms with Crippen molar-refractivity contribution in [3.63, 3.8) is 0 Å². The molecule has 2 aliphatic heterocycles. The van der Waals surface area contributed by atoms with Crippen molar-refractivity contribution >= 4 is 6.03 Å². The molecular formula is C19H24N2O2. The quantitative estimate of drug-likeness (QED) is 0.901. The van der Waals surface area contributed by atoms with E-state index in [9.17, 15) is 4.79 Å². The van der Waals surface area contributed by atoms with Crippen molar-refractivity contribution in [2.24, 2.45) is 5.92 Å². The van der Waals surface area contributed by atoms with Crippen LogP contribution in [0.5, 0.6) is 0 Å². The molecule has 2 aliphatic carbocycles. The fourth-order valence-electron chi connectivity index (χ4n) is 5.23. The van der Waals surface area contributed by atoms with Crippen molar-refractivity contribution in [2.45, 2.75) is 62.2 Å². The number of hydrogen-bond donors (Lipinski definition) is 2. The van der Waals surface area contributed by atoms with E-state index in [1.54, 1.807) is 0 Å². The number of benzene rings is 1. The average Bonchev–Trinajstić information content (AvgIpc) is 2.89. The maximum absolute atomic E-state index is 12.2. The number of fused-ring (bicyclic) bond motifs is 4. The Morgan fingerprint density at radius 2 is 2.22 bits per heavy atom. The predicted octanol–water partition coefficient (Wildman–Crippen LogP) is 2.51. The van der Waals surface area contributed by atoms with Gasteiger partial charge in [-0.1, -0.05) is 24.3 Å². The lowest BCUT2D eigenvalue weighted by Crippen LogP contribution is -2.47. The van der Waals surface area contributed by atoms with E-state index in [4.69, 9.17) is 4.74 Å². The van der Waals surface area contributed by atoms with E-state index >= 15 is 0 Å². The second kappa shape index (κ2) is 4.97. The molecule has 122 valence electrons. The normalized spacial score (nSPS) is 39.5. The molecule has 2 saturated heterocycles. The topological polar surface area (TPSA) is 50.4 Å². The van der Waals surface area contributed by atoms with Crippen molar-refractivity contribution in [1.82, 2.24) is 10.6 Å². The van der Waals surface area contributed by atoms with Gasteiger partial charge in [0, 0.05) is 12.0 Å². The summed E-state index contributed by atoms with van der Waals surface area (Å²) in [4.78, 5) is 12.2. The molecule has 2 bridgehead atoms. The highest BCUT2D eigenvalue weighted by Gasteiger charge is 2.57. The lowest BCUT2D eigenvalue weighted by molar-refractivity contribution is 0.0981. The van der Waals surface area contributed by atoms with Crippen LogP contribution in [0.2, 0.25) is 0 Å². The van der Waals surface area contributed by atoms with Gasteiger partial charge in [-0.2, -0.15) is 0 Å². The molecule has 1 spiro atoms. The Hall–Kier alpha value is -1.55. The van der Waals surface area contributed by atoms with Gasteiger partial charge in [0.25, 0.3) is 0 Å². The maximum Gasteiger partial charge on any atom is 0.315 e. The summed E-state index contributed by atoms with van der Waals surface area (Å²) in [6.07, 6.45) is 7.54. The molecule has 1 aromatic carbocycles. The Labute approximate surface area is 137 Å². The number of aryl methyl sites for hydroxylation is 1. The lowest BCUT2D eigenvalue weighted by atomic mass is 9.95. The SMILES string of the molecule is O=C(NC[C@@H]1C[C@]12CCc1ccccc12)N[C@@H]1C[C@H]2CC[C@H]1O2. The first-order valence-electron chi connectivity index (χ1n) is 9.03. The molecule has 5 rings (SSSR count). The minimum Gasteiger partial charge on any atom is -0.373 e. The summed E-state index contributed by atoms with van der Waals surface area (Å²) in [5, 5.41) is 6.22. The molecule has 23 heavy (non-hydrogen) atoms. The predicted molar refractivity (Wildman–Crippen MR) is 87.4 cm³/mol. The van der Waals surface area contributed by atoms with E-state index in [0.717, 1.165) is 25.8 Å². The number of ether oxygens (including phenoxy) is 1. The third kappa shape index (κ3) is 2.18. The number of nitrogens with one attached hydrogen (secondary N) is 2. The Balaban J connectivity index is 1.15. The zero-order valence-corrected chi connectivity index (χ0v) is 13.4. The van der Waals surface area contributed by atoms with E-state index in [0.29, 0.717) is 17.4 Å². The summed E-state index contributed by atoms with van der Waals surface area (Å²) >= 11 is 0. The van der Waals surface area contributed by atoms with Gasteiger partial charge >= 0.3 is 6.03 Å². The van der Waals surface area contributed by atoms with Gasteiger partial charge in [-0.25, -0.2) is 4.79 Å². The Kier molecular flexibility index (Phi) is 2.99. The third-order valence-electron chi connectivity index (χ3n) is 6.56. The van der Waals surface area contributed by atoms with Gasteiger partial charge < -0.3 is 15.4 Å². The number of urea groups is 1. The van der Waals surface area contributed by atoms with Crippen molar-refractivity contribution in [2.75, 3.05) is 6.54 Å². The summed E-state index contributed by atoms with van der Waals surface area (Å²) in [6, 6.07) is 9.03. The van der Waals surface area contributed by atoms with Gasteiger partial charge in [0.05, 0.1) is 18.2 Å². The number of hydrogen-bond acceptors (Lipinski definition) is 2. The molecular weight excluding hydrogens is 288 g/mol. The van der Waals surface area contributed by atoms with Crippen molar-refractivity contribution in [1.29, 1.82) is 0 Å². The first kappa shape index (κ1) is 13.8. The molecule has 0 aromatic heterocycles. The number of amides is 2. The second-order valence-corrected chi connectivity index (χ2v) is 7.78. The largest absolute Gasteiger partial charge is 0.373 e. The molecule has 0 unspecified atom stereocenters. The molecule has 1 saturated carbocycles. The summed E-state index contributed by atoms with van der Waals surface area (Å²) in [5.74, 6) is 0.605. The summed E-state index contributed by atoms with van der Waals surface area (Å²) in [6.45, 7) is 0.793. The van der Waals surface area contributed by atoms with Gasteiger partial charge in [0.15, 0.2) is 0 Å². The zero-order valence-electron chi connectivity index (χ0n) is 13.4. The van der Waals surface area contributed by atoms with Gasteiger partial charge in [0.2, 0.25) is 0 Å². The highest BCUT2D eigenvalue weighted by Crippen LogP contribution is 2.61. The molecule has 2 heterocycles. The van der Waals surface area contributed by atoms with Crippen molar-refractivity contribution in [3.8, 4) is 0 Å². The van der Waals surface area contributed by atoms with Crippen LogP contribution < -0.4 is 10.6 Å². The van der Waals surface area contributed by atoms with E-state index in [-0.39, 0.29) is 18.2 Å². The second-order valence-electron chi connectivity index (χ2n) is 7.78. The van der Waals surface area contributed by atoms with E-state index < -0.39 is 0 Å². The molecule has 4 nitrogen and oxygen atoms in total. The van der Waals surface area contributed by atoms with Crippen LogP contribution in [0, 0.1) is 5.92 Å². The van der Waals surface area contributed by atoms with Crippen molar-refractivity contribution in [3.05, 3.63) is 35.4 Å². The van der Waals surface area contributed by atoms with Crippen LogP contribution in [0.3, 0.4) is 0 Å². The van der Waals surface area contributed by atoms with Crippen LogP contribution in [0.25, 0.3) is 0 Å². The van der Waals surface area contributed by atoms with Crippen LogP contribution in [0.15, 0.2) is 24.3 Å². The average molecular weight is 312 g/mol. The molecule has 0 radical (unpaired) electrons. The molecule has 4 aliphatic rings. The van der Waals surface area contributed by atoms with E-state index in [1.165, 1.54) is 30.4 Å². The minimum absolute atomic E-state index is 0.0144. The molecule has 2 amide bonds. The summed E-state index contributed by atoms with van der Waals surface area (Å²) < 4.78 is 5.80. The molecule has 4 heteroatoms. The van der Waals surface area contributed by atoms with Gasteiger partial charge in [0.1, 0.15) is 0 Å². The van der Waals surface area contributed by atoms with Crippen LogP contribution in [0.4, 0.5) is 4.79 Å². The monoisotopic (exact) mass is 312 g/mol. The lowest BCUT2D eigenvalue weighted by Gasteiger charge is -2.20. The van der Waals surface area contributed by atoms with Crippen LogP contribution in [0.1, 0.15) is 43.2 Å². The Bertz CT molecular complexity index is 646. The van der Waals surface area contributed by atoms with Gasteiger partial charge in [-0.05, 0) is 55.6 Å². The maximum atomic E-state index is 12.2.